The van der Waals surface area contributed by atoms with Crippen molar-refractivity contribution in [3.63, 3.8) is 0 Å². The van der Waals surface area contributed by atoms with Crippen molar-refractivity contribution in [3.8, 4) is 0 Å². The number of benzene rings is 2. The van der Waals surface area contributed by atoms with E-state index in [4.69, 9.17) is 0 Å². The number of amides is 3. The second kappa shape index (κ2) is 9.77. The van der Waals surface area contributed by atoms with Crippen LogP contribution in [0.15, 0.2) is 36.4 Å². The molecule has 1 aliphatic heterocycles. The van der Waals surface area contributed by atoms with Crippen LogP contribution in [0.4, 0.5) is 11.4 Å². The lowest BCUT2D eigenvalue weighted by Gasteiger charge is -2.23. The smallest absolute Gasteiger partial charge is 0.251 e. The largest absolute Gasteiger partial charge is 0.349 e. The van der Waals surface area contributed by atoms with Gasteiger partial charge in [-0.25, -0.2) is 0 Å². The van der Waals surface area contributed by atoms with Crippen LogP contribution >= 0.6 is 0 Å². The molecule has 0 aromatic heterocycles. The molecule has 2 fully saturated rings. The number of carbonyl (C=O) groups is 3. The molecule has 0 spiro atoms. The molecule has 2 aromatic carbocycles. The fraction of sp³-hybridized carbons (Fsp3) is 0.444. The van der Waals surface area contributed by atoms with E-state index in [0.717, 1.165) is 35.2 Å². The van der Waals surface area contributed by atoms with E-state index in [0.29, 0.717) is 17.8 Å². The van der Waals surface area contributed by atoms with Gasteiger partial charge in [-0.3, -0.25) is 14.4 Å². The SMILES string of the molecule is Cc1cc(C(=O)NC2CCCCC2)ccc1NC(=O)C1CC(=O)N(c2cccc(C)c2C)C1. The van der Waals surface area contributed by atoms with Crippen LogP contribution in [0.5, 0.6) is 0 Å². The second-order valence-electron chi connectivity index (χ2n) is 9.45. The minimum atomic E-state index is -0.411. The standard InChI is InChI=1S/C27H33N3O3/c1-17-8-7-11-24(19(17)3)30-16-21(15-25(30)31)27(33)29-23-13-12-20(14-18(23)2)26(32)28-22-9-5-4-6-10-22/h7-8,11-14,21-22H,4-6,9-10,15-16H2,1-3H3,(H,28,32)(H,29,33). The van der Waals surface area contributed by atoms with Crippen molar-refractivity contribution in [2.75, 3.05) is 16.8 Å². The summed E-state index contributed by atoms with van der Waals surface area (Å²) in [5.74, 6) is -0.673. The predicted molar refractivity (Wildman–Crippen MR) is 131 cm³/mol. The fourth-order valence-corrected chi connectivity index (χ4v) is 4.84. The van der Waals surface area contributed by atoms with E-state index in [9.17, 15) is 14.4 Å². The minimum Gasteiger partial charge on any atom is -0.349 e. The molecule has 1 unspecified atom stereocenters. The number of nitrogens with zero attached hydrogens (tertiary/aromatic N) is 1. The van der Waals surface area contributed by atoms with E-state index >= 15 is 0 Å². The molecule has 0 radical (unpaired) electrons. The first-order valence-corrected chi connectivity index (χ1v) is 11.9. The van der Waals surface area contributed by atoms with Gasteiger partial charge in [0.25, 0.3) is 5.91 Å². The Balaban J connectivity index is 1.39. The van der Waals surface area contributed by atoms with Gasteiger partial charge in [0.2, 0.25) is 11.8 Å². The quantitative estimate of drug-likeness (QED) is 0.699. The lowest BCUT2D eigenvalue weighted by atomic mass is 9.95. The van der Waals surface area contributed by atoms with E-state index in [1.807, 2.05) is 45.0 Å². The highest BCUT2D eigenvalue weighted by Gasteiger charge is 2.36. The fourth-order valence-electron chi connectivity index (χ4n) is 4.84. The molecule has 2 aromatic rings. The molecular weight excluding hydrogens is 414 g/mol. The van der Waals surface area contributed by atoms with E-state index in [1.165, 1.54) is 19.3 Å². The maximum atomic E-state index is 13.0. The normalized spacial score (nSPS) is 18.9. The summed E-state index contributed by atoms with van der Waals surface area (Å²) < 4.78 is 0. The summed E-state index contributed by atoms with van der Waals surface area (Å²) in [7, 11) is 0. The van der Waals surface area contributed by atoms with E-state index in [2.05, 4.69) is 10.6 Å². The summed E-state index contributed by atoms with van der Waals surface area (Å²) in [4.78, 5) is 40.0. The Bertz CT molecular complexity index is 1070. The van der Waals surface area contributed by atoms with Crippen molar-refractivity contribution in [2.24, 2.45) is 5.92 Å². The zero-order chi connectivity index (χ0) is 23.5. The monoisotopic (exact) mass is 447 g/mol. The van der Waals surface area contributed by atoms with Crippen molar-refractivity contribution < 1.29 is 14.4 Å². The van der Waals surface area contributed by atoms with Gasteiger partial charge < -0.3 is 15.5 Å². The number of aryl methyl sites for hydroxylation is 2. The van der Waals surface area contributed by atoms with Gasteiger partial charge in [-0.1, -0.05) is 31.4 Å². The molecule has 1 atom stereocenters. The topological polar surface area (TPSA) is 78.5 Å². The van der Waals surface area contributed by atoms with Crippen molar-refractivity contribution in [1.82, 2.24) is 5.32 Å². The first-order chi connectivity index (χ1) is 15.8. The molecule has 1 heterocycles. The summed E-state index contributed by atoms with van der Waals surface area (Å²) >= 11 is 0. The van der Waals surface area contributed by atoms with Crippen LogP contribution in [-0.4, -0.2) is 30.3 Å². The van der Waals surface area contributed by atoms with E-state index in [1.54, 1.807) is 17.0 Å². The van der Waals surface area contributed by atoms with Crippen LogP contribution in [0.1, 0.15) is 65.6 Å². The number of anilines is 2. The molecule has 6 nitrogen and oxygen atoms in total. The van der Waals surface area contributed by atoms with E-state index < -0.39 is 5.92 Å². The zero-order valence-electron chi connectivity index (χ0n) is 19.7. The number of hydrogen-bond donors (Lipinski definition) is 2. The van der Waals surface area contributed by atoms with Crippen LogP contribution in [-0.2, 0) is 9.59 Å². The Kier molecular flexibility index (Phi) is 6.82. The number of nitrogens with one attached hydrogen (secondary N) is 2. The number of carbonyl (C=O) groups excluding carboxylic acids is 3. The van der Waals surface area contributed by atoms with Crippen molar-refractivity contribution in [3.05, 3.63) is 58.7 Å². The van der Waals surface area contributed by atoms with Gasteiger partial charge in [0, 0.05) is 35.9 Å². The summed E-state index contributed by atoms with van der Waals surface area (Å²) in [5, 5.41) is 6.10. The van der Waals surface area contributed by atoms with Gasteiger partial charge in [0.15, 0.2) is 0 Å². The Morgan fingerprint density at radius 3 is 2.45 bits per heavy atom. The molecule has 2 aliphatic rings. The van der Waals surface area contributed by atoms with E-state index in [-0.39, 0.29) is 30.2 Å². The highest BCUT2D eigenvalue weighted by atomic mass is 16.2. The van der Waals surface area contributed by atoms with Crippen molar-refractivity contribution >= 4 is 29.1 Å². The van der Waals surface area contributed by atoms with Crippen LogP contribution in [0, 0.1) is 26.7 Å². The summed E-state index contributed by atoms with van der Waals surface area (Å²) in [6, 6.07) is 11.5. The van der Waals surface area contributed by atoms with Gasteiger partial charge in [-0.2, -0.15) is 0 Å². The zero-order valence-corrected chi connectivity index (χ0v) is 19.7. The number of hydrogen-bond acceptors (Lipinski definition) is 3. The second-order valence-corrected chi connectivity index (χ2v) is 9.45. The maximum absolute atomic E-state index is 13.0. The first kappa shape index (κ1) is 23.0. The van der Waals surface area contributed by atoms with Crippen molar-refractivity contribution in [1.29, 1.82) is 0 Å². The average molecular weight is 448 g/mol. The third kappa shape index (κ3) is 5.10. The molecule has 4 rings (SSSR count). The lowest BCUT2D eigenvalue weighted by molar-refractivity contribution is -0.122. The van der Waals surface area contributed by atoms with Gasteiger partial charge in [0.1, 0.15) is 0 Å². The molecule has 174 valence electrons. The third-order valence-corrected chi connectivity index (χ3v) is 7.05. The summed E-state index contributed by atoms with van der Waals surface area (Å²) in [5.41, 5.74) is 5.16. The molecule has 6 heteroatoms. The Hall–Kier alpha value is -3.15. The van der Waals surface area contributed by atoms with Gasteiger partial charge in [-0.05, 0) is 74.6 Å². The van der Waals surface area contributed by atoms with Crippen LogP contribution < -0.4 is 15.5 Å². The molecule has 2 N–H and O–H groups in total. The molecule has 1 aliphatic carbocycles. The van der Waals surface area contributed by atoms with Crippen LogP contribution in [0.2, 0.25) is 0 Å². The molecule has 0 bridgehead atoms. The minimum absolute atomic E-state index is 0.0321. The highest BCUT2D eigenvalue weighted by Crippen LogP contribution is 2.30. The molecular formula is C27H33N3O3. The van der Waals surface area contributed by atoms with Gasteiger partial charge in [-0.15, -0.1) is 0 Å². The van der Waals surface area contributed by atoms with Crippen LogP contribution in [0.3, 0.4) is 0 Å². The maximum Gasteiger partial charge on any atom is 0.251 e. The first-order valence-electron chi connectivity index (χ1n) is 11.9. The van der Waals surface area contributed by atoms with Gasteiger partial charge >= 0.3 is 0 Å². The lowest BCUT2D eigenvalue weighted by Crippen LogP contribution is -2.36. The Morgan fingerprint density at radius 1 is 0.970 bits per heavy atom. The number of rotatable bonds is 5. The molecule has 1 saturated heterocycles. The Labute approximate surface area is 195 Å². The highest BCUT2D eigenvalue weighted by molar-refractivity contribution is 6.04. The predicted octanol–water partition coefficient (Wildman–Crippen LogP) is 4.67. The van der Waals surface area contributed by atoms with Crippen molar-refractivity contribution in [2.45, 2.75) is 65.3 Å². The molecule has 1 saturated carbocycles. The molecule has 3 amide bonds. The summed E-state index contributed by atoms with van der Waals surface area (Å²) in [6.45, 7) is 6.28. The third-order valence-electron chi connectivity index (χ3n) is 7.05. The van der Waals surface area contributed by atoms with Gasteiger partial charge in [0.05, 0.1) is 5.92 Å². The Morgan fingerprint density at radius 2 is 1.73 bits per heavy atom. The molecule has 33 heavy (non-hydrogen) atoms. The average Bonchev–Trinajstić information content (AvgIpc) is 3.19. The van der Waals surface area contributed by atoms with Crippen LogP contribution in [0.25, 0.3) is 0 Å². The summed E-state index contributed by atoms with van der Waals surface area (Å²) in [6.07, 6.45) is 5.85.